The average molecular weight is 548 g/mol. The van der Waals surface area contributed by atoms with Gasteiger partial charge in [0, 0.05) is 38.1 Å². The van der Waals surface area contributed by atoms with Crippen molar-refractivity contribution >= 4 is 57.4 Å². The van der Waals surface area contributed by atoms with E-state index in [2.05, 4.69) is 9.80 Å². The van der Waals surface area contributed by atoms with Crippen molar-refractivity contribution in [2.24, 2.45) is 0 Å². The molecule has 0 bridgehead atoms. The number of fused-ring (bicyclic) bond motifs is 1. The Kier molecular flexibility index (Phi) is 6.46. The minimum Gasteiger partial charge on any atom is -0.467 e. The second kappa shape index (κ2) is 10.1. The standard InChI is InChI=1S/C27H22FN5O3S2/c28-18-6-8-19(9-7-18)30-11-13-31(14-12-30)24-21(25(34)32-10-2-1-5-23(32)29-24)16-22-26(35)33(27(37)38-22)17-20-4-3-15-36-20/h1-10,15-16H,11-14,17H2. The summed E-state index contributed by atoms with van der Waals surface area (Å²) in [7, 11) is 0. The topological polar surface area (TPSA) is 74.3 Å². The van der Waals surface area contributed by atoms with Crippen LogP contribution in [0.15, 0.2) is 81.2 Å². The number of halogens is 1. The van der Waals surface area contributed by atoms with Crippen LogP contribution in [0.3, 0.4) is 0 Å². The molecule has 192 valence electrons. The number of pyridine rings is 1. The maximum Gasteiger partial charge on any atom is 0.267 e. The van der Waals surface area contributed by atoms with Gasteiger partial charge in [0.15, 0.2) is 0 Å². The molecule has 4 aromatic rings. The van der Waals surface area contributed by atoms with Gasteiger partial charge in [-0.05, 0) is 54.6 Å². The molecule has 38 heavy (non-hydrogen) atoms. The Balaban J connectivity index is 1.33. The maximum atomic E-state index is 13.6. The van der Waals surface area contributed by atoms with Crippen LogP contribution in [0.4, 0.5) is 15.9 Å². The number of rotatable bonds is 5. The fourth-order valence-electron chi connectivity index (χ4n) is 4.61. The number of carbonyl (C=O) groups is 1. The average Bonchev–Trinajstić information content (AvgIpc) is 3.55. The van der Waals surface area contributed by atoms with Gasteiger partial charge in [-0.25, -0.2) is 9.37 Å². The first kappa shape index (κ1) is 24.4. The highest BCUT2D eigenvalue weighted by Gasteiger charge is 2.34. The van der Waals surface area contributed by atoms with Gasteiger partial charge in [0.25, 0.3) is 11.5 Å². The smallest absolute Gasteiger partial charge is 0.267 e. The lowest BCUT2D eigenvalue weighted by Crippen LogP contribution is -2.47. The zero-order valence-corrected chi connectivity index (χ0v) is 21.8. The molecular weight excluding hydrogens is 525 g/mol. The molecule has 2 saturated heterocycles. The molecule has 0 saturated carbocycles. The molecule has 0 atom stereocenters. The van der Waals surface area contributed by atoms with Crippen molar-refractivity contribution in [3.05, 3.63) is 99.5 Å². The molecule has 1 aromatic carbocycles. The second-order valence-electron chi connectivity index (χ2n) is 8.88. The number of carbonyl (C=O) groups excluding carboxylic acids is 1. The number of piperazine rings is 1. The van der Waals surface area contributed by atoms with E-state index in [0.717, 1.165) is 17.4 Å². The zero-order valence-electron chi connectivity index (χ0n) is 20.1. The lowest BCUT2D eigenvalue weighted by molar-refractivity contribution is -0.122. The summed E-state index contributed by atoms with van der Waals surface area (Å²) in [5.41, 5.74) is 1.54. The van der Waals surface area contributed by atoms with Gasteiger partial charge < -0.3 is 14.2 Å². The van der Waals surface area contributed by atoms with Crippen LogP contribution in [0.2, 0.25) is 0 Å². The maximum absolute atomic E-state index is 13.6. The summed E-state index contributed by atoms with van der Waals surface area (Å²) in [5.74, 6) is 0.597. The number of hydrogen-bond acceptors (Lipinski definition) is 8. The van der Waals surface area contributed by atoms with Crippen LogP contribution in [0.5, 0.6) is 0 Å². The number of benzene rings is 1. The quantitative estimate of drug-likeness (QED) is 0.273. The summed E-state index contributed by atoms with van der Waals surface area (Å²) in [6.07, 6.45) is 4.82. The van der Waals surface area contributed by atoms with Crippen molar-refractivity contribution < 1.29 is 13.6 Å². The van der Waals surface area contributed by atoms with E-state index in [1.165, 1.54) is 21.4 Å². The number of hydrogen-bond donors (Lipinski definition) is 0. The lowest BCUT2D eigenvalue weighted by Gasteiger charge is -2.37. The minimum absolute atomic E-state index is 0.224. The molecule has 0 radical (unpaired) electrons. The molecule has 0 spiro atoms. The van der Waals surface area contributed by atoms with Gasteiger partial charge in [-0.15, -0.1) is 0 Å². The fourth-order valence-corrected chi connectivity index (χ4v) is 5.85. The number of anilines is 2. The Bertz CT molecular complexity index is 1610. The van der Waals surface area contributed by atoms with E-state index < -0.39 is 0 Å². The first-order valence-corrected chi connectivity index (χ1v) is 13.2. The summed E-state index contributed by atoms with van der Waals surface area (Å²) < 4.78 is 20.6. The zero-order chi connectivity index (χ0) is 26.2. The van der Waals surface area contributed by atoms with Crippen molar-refractivity contribution in [2.75, 3.05) is 36.0 Å². The van der Waals surface area contributed by atoms with Gasteiger partial charge in [-0.1, -0.05) is 30.0 Å². The molecule has 0 N–H and O–H groups in total. The lowest BCUT2D eigenvalue weighted by atomic mass is 10.2. The number of thiocarbonyl (C=S) groups is 1. The van der Waals surface area contributed by atoms with Gasteiger partial charge >= 0.3 is 0 Å². The molecule has 2 aliphatic heterocycles. The Morgan fingerprint density at radius 1 is 1.00 bits per heavy atom. The summed E-state index contributed by atoms with van der Waals surface area (Å²) in [6.45, 7) is 2.78. The van der Waals surface area contributed by atoms with E-state index in [9.17, 15) is 14.0 Å². The summed E-state index contributed by atoms with van der Waals surface area (Å²) in [5, 5.41) is 0. The fraction of sp³-hybridized carbons (Fsp3) is 0.185. The number of nitrogens with zero attached hydrogens (tertiary/aromatic N) is 5. The third-order valence-electron chi connectivity index (χ3n) is 6.56. The molecule has 1 amide bonds. The first-order valence-electron chi connectivity index (χ1n) is 12.0. The van der Waals surface area contributed by atoms with E-state index in [0.29, 0.717) is 58.2 Å². The molecular formula is C27H22FN5O3S2. The van der Waals surface area contributed by atoms with Crippen LogP contribution >= 0.6 is 24.0 Å². The normalized spacial score (nSPS) is 17.3. The van der Waals surface area contributed by atoms with Crippen LogP contribution in [0.25, 0.3) is 11.7 Å². The molecule has 11 heteroatoms. The summed E-state index contributed by atoms with van der Waals surface area (Å²) in [6, 6.07) is 15.4. The molecule has 0 unspecified atom stereocenters. The number of thioether (sulfide) groups is 1. The highest BCUT2D eigenvalue weighted by molar-refractivity contribution is 8.26. The number of amides is 1. The van der Waals surface area contributed by atoms with Gasteiger partial charge in [0.05, 0.1) is 23.3 Å². The number of aromatic nitrogens is 2. The molecule has 0 aliphatic carbocycles. The van der Waals surface area contributed by atoms with Crippen molar-refractivity contribution in [1.82, 2.24) is 14.3 Å². The third kappa shape index (κ3) is 4.59. The Morgan fingerprint density at radius 3 is 2.50 bits per heavy atom. The number of furan rings is 1. The van der Waals surface area contributed by atoms with Crippen LogP contribution in [-0.4, -0.2) is 50.7 Å². The van der Waals surface area contributed by atoms with Crippen molar-refractivity contribution in [1.29, 1.82) is 0 Å². The minimum atomic E-state index is -0.277. The Labute approximate surface area is 227 Å². The summed E-state index contributed by atoms with van der Waals surface area (Å²) >= 11 is 6.63. The Morgan fingerprint density at radius 2 is 1.76 bits per heavy atom. The van der Waals surface area contributed by atoms with Crippen LogP contribution in [0.1, 0.15) is 11.3 Å². The van der Waals surface area contributed by atoms with E-state index >= 15 is 0 Å². The second-order valence-corrected chi connectivity index (χ2v) is 10.6. The highest BCUT2D eigenvalue weighted by atomic mass is 32.2. The van der Waals surface area contributed by atoms with Gasteiger partial charge in [0.2, 0.25) is 0 Å². The van der Waals surface area contributed by atoms with Gasteiger partial charge in [-0.3, -0.25) is 18.9 Å². The molecule has 3 aromatic heterocycles. The van der Waals surface area contributed by atoms with Crippen LogP contribution < -0.4 is 15.4 Å². The summed E-state index contributed by atoms with van der Waals surface area (Å²) in [4.78, 5) is 37.8. The SMILES string of the molecule is O=C1C(=Cc2c(N3CCN(c4ccc(F)cc4)CC3)nc3ccccn3c2=O)SC(=S)N1Cc1ccco1. The van der Waals surface area contributed by atoms with E-state index in [4.69, 9.17) is 21.6 Å². The predicted molar refractivity (Wildman–Crippen MR) is 150 cm³/mol. The first-order chi connectivity index (χ1) is 18.5. The van der Waals surface area contributed by atoms with E-state index in [-0.39, 0.29) is 23.8 Å². The molecule has 5 heterocycles. The molecule has 2 fully saturated rings. The monoisotopic (exact) mass is 547 g/mol. The molecule has 8 nitrogen and oxygen atoms in total. The molecule has 2 aliphatic rings. The van der Waals surface area contributed by atoms with Gasteiger partial charge in [-0.2, -0.15) is 0 Å². The van der Waals surface area contributed by atoms with Crippen molar-refractivity contribution in [3.8, 4) is 0 Å². The van der Waals surface area contributed by atoms with E-state index in [1.54, 1.807) is 54.9 Å². The predicted octanol–water partition coefficient (Wildman–Crippen LogP) is 4.15. The van der Waals surface area contributed by atoms with Gasteiger partial charge in [0.1, 0.15) is 27.4 Å². The molecule has 6 rings (SSSR count). The van der Waals surface area contributed by atoms with E-state index in [1.807, 2.05) is 6.07 Å². The van der Waals surface area contributed by atoms with Crippen LogP contribution in [0, 0.1) is 5.82 Å². The third-order valence-corrected chi connectivity index (χ3v) is 7.94. The van der Waals surface area contributed by atoms with Crippen LogP contribution in [-0.2, 0) is 11.3 Å². The Hall–Kier alpha value is -3.96. The van der Waals surface area contributed by atoms with Crippen molar-refractivity contribution in [3.63, 3.8) is 0 Å². The largest absolute Gasteiger partial charge is 0.467 e. The highest BCUT2D eigenvalue weighted by Crippen LogP contribution is 2.34. The van der Waals surface area contributed by atoms with Crippen molar-refractivity contribution in [2.45, 2.75) is 6.54 Å².